The lowest BCUT2D eigenvalue weighted by Gasteiger charge is -2.37. The molecular formula is C25H35N7O3. The largest absolute Gasteiger partial charge is 0.354 e. The Morgan fingerprint density at radius 3 is 2.37 bits per heavy atom. The van der Waals surface area contributed by atoms with Crippen LogP contribution < -0.4 is 16.7 Å². The van der Waals surface area contributed by atoms with Crippen LogP contribution in [0.15, 0.2) is 41.3 Å². The highest BCUT2D eigenvalue weighted by atomic mass is 16.2. The van der Waals surface area contributed by atoms with Crippen LogP contribution in [0.25, 0.3) is 5.69 Å². The lowest BCUT2D eigenvalue weighted by molar-refractivity contribution is -0.137. The van der Waals surface area contributed by atoms with E-state index in [1.165, 1.54) is 23.0 Å². The molecule has 2 aliphatic heterocycles. The maximum Gasteiger partial charge on any atom is 0.354 e. The van der Waals surface area contributed by atoms with E-state index in [1.54, 1.807) is 35.9 Å². The fourth-order valence-electron chi connectivity index (χ4n) is 4.53. The Bertz CT molecular complexity index is 1110. The Labute approximate surface area is 205 Å². The van der Waals surface area contributed by atoms with Crippen molar-refractivity contribution in [3.63, 3.8) is 0 Å². The highest BCUT2D eigenvalue weighted by molar-refractivity contribution is 5.89. The Morgan fingerprint density at radius 2 is 1.71 bits per heavy atom. The average Bonchev–Trinajstić information content (AvgIpc) is 3.36. The van der Waals surface area contributed by atoms with E-state index in [0.29, 0.717) is 26.2 Å². The summed E-state index contributed by atoms with van der Waals surface area (Å²) in [5.74, 6) is 0.0611. The first-order valence-electron chi connectivity index (χ1n) is 12.3. The molecule has 0 unspecified atom stereocenters. The summed E-state index contributed by atoms with van der Waals surface area (Å²) in [4.78, 5) is 47.5. The summed E-state index contributed by atoms with van der Waals surface area (Å²) < 4.78 is 1.48. The van der Waals surface area contributed by atoms with Gasteiger partial charge in [0.25, 0.3) is 0 Å². The molecule has 2 saturated heterocycles. The number of rotatable bonds is 6. The van der Waals surface area contributed by atoms with Gasteiger partial charge in [-0.2, -0.15) is 4.98 Å². The molecule has 3 N–H and O–H groups in total. The number of nitrogens with zero attached hydrogens (tertiary/aromatic N) is 5. The molecule has 0 aliphatic carbocycles. The SMILES string of the molecule is CC(C)(N)C(=O)N1CCN(C(=O)Nc2ccn(-c3cccc(CCN4CCCC4)c3)c(=O)n2)CC1. The molecule has 3 amide bonds. The van der Waals surface area contributed by atoms with Crippen LogP contribution in [0.4, 0.5) is 10.6 Å². The molecule has 0 spiro atoms. The summed E-state index contributed by atoms with van der Waals surface area (Å²) in [5.41, 5.74) is 6.43. The van der Waals surface area contributed by atoms with Crippen molar-refractivity contribution in [2.75, 3.05) is 51.1 Å². The molecule has 1 aromatic carbocycles. The van der Waals surface area contributed by atoms with Crippen LogP contribution in [-0.2, 0) is 11.2 Å². The van der Waals surface area contributed by atoms with Crippen molar-refractivity contribution in [2.45, 2.75) is 38.6 Å². The van der Waals surface area contributed by atoms with E-state index >= 15 is 0 Å². The second-order valence-corrected chi connectivity index (χ2v) is 9.87. The second kappa shape index (κ2) is 10.6. The topological polar surface area (TPSA) is 117 Å². The van der Waals surface area contributed by atoms with Gasteiger partial charge in [-0.05, 0) is 70.0 Å². The zero-order chi connectivity index (χ0) is 25.0. The first-order valence-corrected chi connectivity index (χ1v) is 12.3. The Balaban J connectivity index is 1.35. The number of piperazine rings is 1. The zero-order valence-corrected chi connectivity index (χ0v) is 20.6. The van der Waals surface area contributed by atoms with Crippen LogP contribution in [0.2, 0.25) is 0 Å². The van der Waals surface area contributed by atoms with Crippen LogP contribution in [-0.4, -0.2) is 87.5 Å². The van der Waals surface area contributed by atoms with Crippen molar-refractivity contribution < 1.29 is 9.59 Å². The van der Waals surface area contributed by atoms with Gasteiger partial charge >= 0.3 is 11.7 Å². The third-order valence-corrected chi connectivity index (χ3v) is 6.55. The lowest BCUT2D eigenvalue weighted by atomic mass is 10.1. The monoisotopic (exact) mass is 481 g/mol. The number of hydrogen-bond acceptors (Lipinski definition) is 6. The minimum absolute atomic E-state index is 0.136. The Hall–Kier alpha value is -3.24. The normalized spacial score (nSPS) is 17.0. The molecule has 0 radical (unpaired) electrons. The van der Waals surface area contributed by atoms with E-state index in [4.69, 9.17) is 5.73 Å². The van der Waals surface area contributed by atoms with E-state index < -0.39 is 11.2 Å². The highest BCUT2D eigenvalue weighted by Gasteiger charge is 2.31. The second-order valence-electron chi connectivity index (χ2n) is 9.87. The summed E-state index contributed by atoms with van der Waals surface area (Å²) in [6, 6.07) is 9.19. The van der Waals surface area contributed by atoms with Gasteiger partial charge in [0.1, 0.15) is 5.82 Å². The van der Waals surface area contributed by atoms with E-state index in [2.05, 4.69) is 21.3 Å². The molecule has 2 aromatic rings. The number of carbonyl (C=O) groups excluding carboxylic acids is 2. The number of anilines is 1. The molecule has 188 valence electrons. The number of benzene rings is 1. The maximum atomic E-state index is 12.7. The Kier molecular flexibility index (Phi) is 7.51. The predicted octanol–water partition coefficient (Wildman–Crippen LogP) is 1.28. The number of likely N-dealkylation sites (tertiary alicyclic amines) is 1. The molecule has 0 bridgehead atoms. The van der Waals surface area contributed by atoms with Gasteiger partial charge in [0.15, 0.2) is 0 Å². The van der Waals surface area contributed by atoms with Crippen LogP contribution >= 0.6 is 0 Å². The summed E-state index contributed by atoms with van der Waals surface area (Å²) in [6.45, 7) is 8.29. The molecule has 4 rings (SSSR count). The standard InChI is InChI=1S/C25H35N7O3/c1-25(2,26)22(33)30-14-16-31(17-15-30)23(34)27-21-9-13-32(24(35)28-21)20-7-5-6-19(18-20)8-12-29-10-3-4-11-29/h5-7,9,13,18H,3-4,8,10-12,14-17,26H2,1-2H3,(H,27,28,34,35). The number of nitrogens with two attached hydrogens (primary N) is 1. The number of amides is 3. The summed E-state index contributed by atoms with van der Waals surface area (Å²) in [6.07, 6.45) is 5.11. The molecule has 3 heterocycles. The fraction of sp³-hybridized carbons (Fsp3) is 0.520. The van der Waals surface area contributed by atoms with Gasteiger partial charge in [-0.25, -0.2) is 9.59 Å². The average molecular weight is 482 g/mol. The summed E-state index contributed by atoms with van der Waals surface area (Å²) in [5, 5.41) is 2.70. The van der Waals surface area contributed by atoms with Gasteiger partial charge in [0.2, 0.25) is 5.91 Å². The van der Waals surface area contributed by atoms with E-state index in [9.17, 15) is 14.4 Å². The van der Waals surface area contributed by atoms with Gasteiger partial charge < -0.3 is 20.4 Å². The fourth-order valence-corrected chi connectivity index (χ4v) is 4.53. The summed E-state index contributed by atoms with van der Waals surface area (Å²) >= 11 is 0. The van der Waals surface area contributed by atoms with Crippen LogP contribution in [0, 0.1) is 0 Å². The molecule has 2 aliphatic rings. The predicted molar refractivity (Wildman–Crippen MR) is 135 cm³/mol. The van der Waals surface area contributed by atoms with Crippen molar-refractivity contribution >= 4 is 17.8 Å². The zero-order valence-electron chi connectivity index (χ0n) is 20.6. The molecule has 10 heteroatoms. The number of nitrogens with one attached hydrogen (secondary N) is 1. The number of carbonyl (C=O) groups is 2. The number of urea groups is 1. The highest BCUT2D eigenvalue weighted by Crippen LogP contribution is 2.14. The van der Waals surface area contributed by atoms with Crippen LogP contribution in [0.1, 0.15) is 32.3 Å². The molecular weight excluding hydrogens is 446 g/mol. The number of hydrogen-bond donors (Lipinski definition) is 2. The van der Waals surface area contributed by atoms with E-state index in [0.717, 1.165) is 31.7 Å². The molecule has 10 nitrogen and oxygen atoms in total. The molecule has 1 aromatic heterocycles. The van der Waals surface area contributed by atoms with Crippen LogP contribution in [0.3, 0.4) is 0 Å². The van der Waals surface area contributed by atoms with Crippen LogP contribution in [0.5, 0.6) is 0 Å². The van der Waals surface area contributed by atoms with Crippen molar-refractivity contribution in [2.24, 2.45) is 5.73 Å². The first kappa shape index (κ1) is 24.9. The van der Waals surface area contributed by atoms with Crippen molar-refractivity contribution in [1.29, 1.82) is 0 Å². The van der Waals surface area contributed by atoms with Gasteiger partial charge in [0, 0.05) is 38.9 Å². The van der Waals surface area contributed by atoms with Gasteiger partial charge in [-0.1, -0.05) is 12.1 Å². The minimum Gasteiger partial charge on any atom is -0.338 e. The maximum absolute atomic E-state index is 12.7. The number of aromatic nitrogens is 2. The van der Waals surface area contributed by atoms with Crippen molar-refractivity contribution in [3.8, 4) is 5.69 Å². The molecule has 0 atom stereocenters. The van der Waals surface area contributed by atoms with E-state index in [-0.39, 0.29) is 17.8 Å². The lowest BCUT2D eigenvalue weighted by Crippen LogP contribution is -2.58. The van der Waals surface area contributed by atoms with E-state index in [1.807, 2.05) is 18.2 Å². The molecule has 0 saturated carbocycles. The quantitative estimate of drug-likeness (QED) is 0.642. The Morgan fingerprint density at radius 1 is 1.03 bits per heavy atom. The third kappa shape index (κ3) is 6.26. The smallest absolute Gasteiger partial charge is 0.338 e. The summed E-state index contributed by atoms with van der Waals surface area (Å²) in [7, 11) is 0. The van der Waals surface area contributed by atoms with Gasteiger partial charge in [-0.15, -0.1) is 0 Å². The minimum atomic E-state index is -0.939. The molecule has 35 heavy (non-hydrogen) atoms. The van der Waals surface area contributed by atoms with Gasteiger partial charge in [-0.3, -0.25) is 14.7 Å². The van der Waals surface area contributed by atoms with Crippen molar-refractivity contribution in [3.05, 3.63) is 52.6 Å². The molecule has 2 fully saturated rings. The van der Waals surface area contributed by atoms with Crippen molar-refractivity contribution in [1.82, 2.24) is 24.3 Å². The van der Waals surface area contributed by atoms with Gasteiger partial charge in [0.05, 0.1) is 11.2 Å². The third-order valence-electron chi connectivity index (χ3n) is 6.55. The first-order chi connectivity index (χ1) is 16.7.